The Morgan fingerprint density at radius 1 is 1.41 bits per heavy atom. The average molecular weight is 263 g/mol. The molecule has 1 atom stereocenters. The molecule has 1 heterocycles. The van der Waals surface area contributed by atoms with Gasteiger partial charge in [-0.25, -0.2) is 8.42 Å². The van der Waals surface area contributed by atoms with Gasteiger partial charge in [0, 0.05) is 5.75 Å². The Morgan fingerprint density at radius 3 is 2.71 bits per heavy atom. The van der Waals surface area contributed by atoms with Crippen LogP contribution in [0.2, 0.25) is 0 Å². The summed E-state index contributed by atoms with van der Waals surface area (Å²) in [6.07, 6.45) is 3.15. The molecule has 0 aromatic rings. The molecule has 0 aromatic heterocycles. The SMILES string of the molecule is CCS(=O)(=O)CCCN1CCCCC1C(=O)O. The molecule has 5 nitrogen and oxygen atoms in total. The summed E-state index contributed by atoms with van der Waals surface area (Å²) in [5.41, 5.74) is 0. The van der Waals surface area contributed by atoms with E-state index in [2.05, 4.69) is 0 Å². The third kappa shape index (κ3) is 4.63. The van der Waals surface area contributed by atoms with Gasteiger partial charge >= 0.3 is 5.97 Å². The minimum absolute atomic E-state index is 0.159. The van der Waals surface area contributed by atoms with Crippen LogP contribution in [0.1, 0.15) is 32.6 Å². The van der Waals surface area contributed by atoms with Gasteiger partial charge in [-0.2, -0.15) is 0 Å². The molecule has 0 aliphatic carbocycles. The van der Waals surface area contributed by atoms with Crippen molar-refractivity contribution < 1.29 is 18.3 Å². The van der Waals surface area contributed by atoms with Gasteiger partial charge in [0.25, 0.3) is 0 Å². The number of hydrogen-bond donors (Lipinski definition) is 1. The molecule has 1 aliphatic heterocycles. The Hall–Kier alpha value is -0.620. The molecule has 0 radical (unpaired) electrons. The van der Waals surface area contributed by atoms with Crippen molar-refractivity contribution >= 4 is 15.8 Å². The summed E-state index contributed by atoms with van der Waals surface area (Å²) in [5, 5.41) is 9.05. The molecule has 1 aliphatic rings. The third-order valence-corrected chi connectivity index (χ3v) is 5.03. The number of carbonyl (C=O) groups is 1. The molecule has 0 aromatic carbocycles. The number of rotatable bonds is 6. The molecular weight excluding hydrogens is 242 g/mol. The zero-order valence-corrected chi connectivity index (χ0v) is 11.1. The predicted octanol–water partition coefficient (Wildman–Crippen LogP) is 0.750. The lowest BCUT2D eigenvalue weighted by atomic mass is 10.0. The minimum atomic E-state index is -2.93. The van der Waals surface area contributed by atoms with Gasteiger partial charge in [-0.05, 0) is 32.4 Å². The smallest absolute Gasteiger partial charge is 0.320 e. The second kappa shape index (κ2) is 6.35. The molecule has 1 unspecified atom stereocenters. The van der Waals surface area contributed by atoms with Crippen LogP contribution in [-0.2, 0) is 14.6 Å². The fourth-order valence-electron chi connectivity index (χ4n) is 2.17. The molecule has 1 saturated heterocycles. The molecule has 0 saturated carbocycles. The summed E-state index contributed by atoms with van der Waals surface area (Å²) in [7, 11) is -2.93. The van der Waals surface area contributed by atoms with Gasteiger partial charge in [0.1, 0.15) is 15.9 Å². The second-order valence-corrected chi connectivity index (χ2v) is 6.95. The molecule has 1 rings (SSSR count). The largest absolute Gasteiger partial charge is 0.480 e. The summed E-state index contributed by atoms with van der Waals surface area (Å²) in [6.45, 7) is 2.97. The fourth-order valence-corrected chi connectivity index (χ4v) is 3.03. The van der Waals surface area contributed by atoms with E-state index in [1.165, 1.54) is 0 Å². The lowest BCUT2D eigenvalue weighted by molar-refractivity contribution is -0.144. The highest BCUT2D eigenvalue weighted by Gasteiger charge is 2.27. The first-order chi connectivity index (χ1) is 7.96. The van der Waals surface area contributed by atoms with Crippen LogP contribution < -0.4 is 0 Å². The van der Waals surface area contributed by atoms with Crippen molar-refractivity contribution in [3.8, 4) is 0 Å². The van der Waals surface area contributed by atoms with E-state index in [1.807, 2.05) is 4.90 Å². The van der Waals surface area contributed by atoms with Gasteiger partial charge in [0.05, 0.1) is 5.75 Å². The maximum absolute atomic E-state index is 11.3. The van der Waals surface area contributed by atoms with Crippen molar-refractivity contribution in [1.82, 2.24) is 4.90 Å². The van der Waals surface area contributed by atoms with Crippen LogP contribution >= 0.6 is 0 Å². The number of hydrogen-bond acceptors (Lipinski definition) is 4. The van der Waals surface area contributed by atoms with Gasteiger partial charge in [-0.3, -0.25) is 9.69 Å². The van der Waals surface area contributed by atoms with Gasteiger partial charge in [-0.15, -0.1) is 0 Å². The van der Waals surface area contributed by atoms with Crippen molar-refractivity contribution in [3.05, 3.63) is 0 Å². The molecule has 100 valence electrons. The lowest BCUT2D eigenvalue weighted by Gasteiger charge is -2.32. The van der Waals surface area contributed by atoms with E-state index in [0.29, 0.717) is 19.4 Å². The van der Waals surface area contributed by atoms with Crippen LogP contribution in [0.15, 0.2) is 0 Å². The Morgan fingerprint density at radius 2 is 2.12 bits per heavy atom. The molecule has 0 bridgehead atoms. The van der Waals surface area contributed by atoms with E-state index in [-0.39, 0.29) is 11.5 Å². The second-order valence-electron chi connectivity index (χ2n) is 4.48. The molecule has 1 fully saturated rings. The summed E-state index contributed by atoms with van der Waals surface area (Å²) in [5.74, 6) is -0.468. The zero-order chi connectivity index (χ0) is 12.9. The highest BCUT2D eigenvalue weighted by molar-refractivity contribution is 7.91. The van der Waals surface area contributed by atoms with Gasteiger partial charge in [0.15, 0.2) is 0 Å². The average Bonchev–Trinajstić information content (AvgIpc) is 2.29. The number of nitrogens with zero attached hydrogens (tertiary/aromatic N) is 1. The Bertz CT molecular complexity index is 352. The van der Waals surface area contributed by atoms with Crippen LogP contribution in [0.3, 0.4) is 0 Å². The summed E-state index contributed by atoms with van der Waals surface area (Å²) < 4.78 is 22.6. The maximum atomic E-state index is 11.3. The monoisotopic (exact) mass is 263 g/mol. The molecule has 0 amide bonds. The van der Waals surface area contributed by atoms with Crippen LogP contribution in [0.25, 0.3) is 0 Å². The third-order valence-electron chi connectivity index (χ3n) is 3.24. The van der Waals surface area contributed by atoms with Crippen LogP contribution in [-0.4, -0.2) is 55.0 Å². The first-order valence-electron chi connectivity index (χ1n) is 6.13. The topological polar surface area (TPSA) is 74.7 Å². The molecule has 1 N–H and O–H groups in total. The normalized spacial score (nSPS) is 22.5. The molecule has 0 spiro atoms. The van der Waals surface area contributed by atoms with Crippen molar-refractivity contribution in [2.45, 2.75) is 38.6 Å². The van der Waals surface area contributed by atoms with Crippen molar-refractivity contribution in [3.63, 3.8) is 0 Å². The number of carboxylic acid groups (broad SMARTS) is 1. The van der Waals surface area contributed by atoms with E-state index in [4.69, 9.17) is 5.11 Å². The van der Waals surface area contributed by atoms with E-state index < -0.39 is 21.8 Å². The minimum Gasteiger partial charge on any atom is -0.480 e. The zero-order valence-electron chi connectivity index (χ0n) is 10.3. The maximum Gasteiger partial charge on any atom is 0.320 e. The number of aliphatic carboxylic acids is 1. The lowest BCUT2D eigenvalue weighted by Crippen LogP contribution is -2.45. The standard InChI is InChI=1S/C11H21NO4S/c1-2-17(15,16)9-5-8-12-7-4-3-6-10(12)11(13)14/h10H,2-9H2,1H3,(H,13,14). The highest BCUT2D eigenvalue weighted by Crippen LogP contribution is 2.17. The van der Waals surface area contributed by atoms with Gasteiger partial charge in [-0.1, -0.05) is 13.3 Å². The van der Waals surface area contributed by atoms with Crippen LogP contribution in [0, 0.1) is 0 Å². The fraction of sp³-hybridized carbons (Fsp3) is 0.909. The van der Waals surface area contributed by atoms with E-state index in [0.717, 1.165) is 19.4 Å². The molecular formula is C11H21NO4S. The summed E-state index contributed by atoms with van der Waals surface area (Å²) in [4.78, 5) is 12.9. The first-order valence-corrected chi connectivity index (χ1v) is 7.95. The Balaban J connectivity index is 2.41. The van der Waals surface area contributed by atoms with Crippen molar-refractivity contribution in [2.24, 2.45) is 0 Å². The number of piperidine rings is 1. The number of sulfone groups is 1. The predicted molar refractivity (Wildman–Crippen MR) is 65.8 cm³/mol. The van der Waals surface area contributed by atoms with Gasteiger partial charge < -0.3 is 5.11 Å². The molecule has 6 heteroatoms. The van der Waals surface area contributed by atoms with Crippen molar-refractivity contribution in [1.29, 1.82) is 0 Å². The first kappa shape index (κ1) is 14.4. The summed E-state index contributed by atoms with van der Waals surface area (Å²) in [6, 6.07) is -0.423. The Kier molecular flexibility index (Phi) is 5.39. The van der Waals surface area contributed by atoms with Crippen molar-refractivity contribution in [2.75, 3.05) is 24.6 Å². The van der Waals surface area contributed by atoms with Gasteiger partial charge in [0.2, 0.25) is 0 Å². The Labute approximate surface area is 103 Å². The number of carboxylic acids is 1. The summed E-state index contributed by atoms with van der Waals surface area (Å²) >= 11 is 0. The van der Waals surface area contributed by atoms with E-state index in [9.17, 15) is 13.2 Å². The molecule has 17 heavy (non-hydrogen) atoms. The highest BCUT2D eigenvalue weighted by atomic mass is 32.2. The van der Waals surface area contributed by atoms with E-state index >= 15 is 0 Å². The van der Waals surface area contributed by atoms with Crippen LogP contribution in [0.4, 0.5) is 0 Å². The van der Waals surface area contributed by atoms with E-state index in [1.54, 1.807) is 6.92 Å². The quantitative estimate of drug-likeness (QED) is 0.765. The number of likely N-dealkylation sites (tertiary alicyclic amines) is 1. The van der Waals surface area contributed by atoms with Crippen LogP contribution in [0.5, 0.6) is 0 Å².